The van der Waals surface area contributed by atoms with Crippen molar-refractivity contribution in [1.29, 1.82) is 0 Å². The Morgan fingerprint density at radius 3 is 0.864 bits per heavy atom. The van der Waals surface area contributed by atoms with Crippen molar-refractivity contribution in [3.8, 4) is 0 Å². The summed E-state index contributed by atoms with van der Waals surface area (Å²) in [5.41, 5.74) is 0.583. The van der Waals surface area contributed by atoms with E-state index in [1.165, 1.54) is 44.9 Å². The molecule has 0 radical (unpaired) electrons. The van der Waals surface area contributed by atoms with Gasteiger partial charge < -0.3 is 0 Å². The van der Waals surface area contributed by atoms with E-state index in [1.807, 2.05) is 0 Å². The zero-order valence-corrected chi connectivity index (χ0v) is 18.2. The molecular formula is C22H50. The lowest BCUT2D eigenvalue weighted by molar-refractivity contribution is 0.200. The second-order valence-electron chi connectivity index (χ2n) is 8.13. The smallest absolute Gasteiger partial charge is 0.0308 e. The maximum atomic E-state index is 2.37. The third-order valence-electron chi connectivity index (χ3n) is 5.34. The normalized spacial score (nSPS) is 13.4. The molecule has 0 spiro atoms. The molecule has 1 aliphatic carbocycles. The molecule has 0 heteroatoms. The lowest BCUT2D eigenvalue weighted by Crippen LogP contribution is -2.20. The number of rotatable bonds is 4. The first-order chi connectivity index (χ1) is 10.1. The van der Waals surface area contributed by atoms with Crippen LogP contribution in [0.2, 0.25) is 0 Å². The van der Waals surface area contributed by atoms with Crippen LogP contribution in [0.15, 0.2) is 0 Å². The SMILES string of the molecule is C1CCC1.CC(C)C(C)C.CCC.CCC(C)(CC)C(C)C. The van der Waals surface area contributed by atoms with E-state index in [0.29, 0.717) is 5.41 Å². The van der Waals surface area contributed by atoms with Crippen molar-refractivity contribution in [1.82, 2.24) is 0 Å². The Morgan fingerprint density at radius 1 is 0.636 bits per heavy atom. The van der Waals surface area contributed by atoms with Gasteiger partial charge in [-0.2, -0.15) is 0 Å². The van der Waals surface area contributed by atoms with Gasteiger partial charge in [-0.3, -0.25) is 0 Å². The number of hydrogen-bond acceptors (Lipinski definition) is 0. The minimum Gasteiger partial charge on any atom is -0.0656 e. The molecule has 138 valence electrons. The van der Waals surface area contributed by atoms with Gasteiger partial charge in [0, 0.05) is 0 Å². The molecule has 22 heavy (non-hydrogen) atoms. The fourth-order valence-electron chi connectivity index (χ4n) is 1.32. The summed E-state index contributed by atoms with van der Waals surface area (Å²) in [4.78, 5) is 0. The highest BCUT2D eigenvalue weighted by molar-refractivity contribution is 4.73. The quantitative estimate of drug-likeness (QED) is 0.486. The van der Waals surface area contributed by atoms with Gasteiger partial charge in [0.2, 0.25) is 0 Å². The largest absolute Gasteiger partial charge is 0.0656 e. The van der Waals surface area contributed by atoms with Gasteiger partial charge >= 0.3 is 0 Å². The van der Waals surface area contributed by atoms with E-state index >= 15 is 0 Å². The molecule has 0 aromatic carbocycles. The van der Waals surface area contributed by atoms with Crippen LogP contribution in [0.1, 0.15) is 121 Å². The van der Waals surface area contributed by atoms with E-state index in [0.717, 1.165) is 17.8 Å². The average Bonchev–Trinajstić information content (AvgIpc) is 2.37. The van der Waals surface area contributed by atoms with Crippen LogP contribution < -0.4 is 0 Å². The first kappa shape index (κ1) is 26.9. The molecule has 0 aliphatic heterocycles. The van der Waals surface area contributed by atoms with Gasteiger partial charge in [-0.1, -0.05) is 121 Å². The third kappa shape index (κ3) is 18.1. The maximum Gasteiger partial charge on any atom is -0.0308 e. The van der Waals surface area contributed by atoms with E-state index in [2.05, 4.69) is 76.2 Å². The molecule has 0 atom stereocenters. The van der Waals surface area contributed by atoms with E-state index in [4.69, 9.17) is 0 Å². The number of hydrogen-bond donors (Lipinski definition) is 0. The van der Waals surface area contributed by atoms with Crippen LogP contribution in [0.25, 0.3) is 0 Å². The standard InChI is InChI=1S/C9H20.C6H14.C4H8.C3H8/c1-6-9(5,7-2)8(3)4;1-5(2)6(3)4;1-2-4-3-1;1-3-2/h8H,6-7H2,1-5H3;5-6H,1-4H3;1-4H2;3H2,1-2H3. The molecule has 0 aromatic rings. The summed E-state index contributed by atoms with van der Waals surface area (Å²) in [6.07, 6.45) is 9.86. The van der Waals surface area contributed by atoms with Crippen LogP contribution in [0.4, 0.5) is 0 Å². The second kappa shape index (κ2) is 17.4. The Kier molecular flexibility index (Phi) is 21.2. The highest BCUT2D eigenvalue weighted by atomic mass is 14.3. The molecule has 0 heterocycles. The Labute approximate surface area is 144 Å². The summed E-state index contributed by atoms with van der Waals surface area (Å²) in [5.74, 6) is 2.53. The monoisotopic (exact) mass is 314 g/mol. The summed E-state index contributed by atoms with van der Waals surface area (Å²) in [5, 5.41) is 0. The molecule has 1 fully saturated rings. The van der Waals surface area contributed by atoms with E-state index < -0.39 is 0 Å². The summed E-state index contributed by atoms with van der Waals surface area (Å²) in [7, 11) is 0. The average molecular weight is 315 g/mol. The lowest BCUT2D eigenvalue weighted by Gasteiger charge is -2.31. The van der Waals surface area contributed by atoms with Crippen molar-refractivity contribution in [2.24, 2.45) is 23.2 Å². The molecule has 0 saturated heterocycles. The summed E-state index contributed by atoms with van der Waals surface area (Å²) < 4.78 is 0. The molecule has 1 aliphatic rings. The summed E-state index contributed by atoms with van der Waals surface area (Å²) in [6.45, 7) is 24.8. The Morgan fingerprint density at radius 2 is 0.864 bits per heavy atom. The van der Waals surface area contributed by atoms with Crippen LogP contribution in [-0.2, 0) is 0 Å². The van der Waals surface area contributed by atoms with Gasteiger partial charge in [0.15, 0.2) is 0 Å². The molecule has 0 unspecified atom stereocenters. The van der Waals surface area contributed by atoms with Crippen molar-refractivity contribution < 1.29 is 0 Å². The summed E-state index contributed by atoms with van der Waals surface area (Å²) >= 11 is 0. The third-order valence-corrected chi connectivity index (χ3v) is 5.34. The Hall–Kier alpha value is 0. The topological polar surface area (TPSA) is 0 Å². The van der Waals surface area contributed by atoms with E-state index in [-0.39, 0.29) is 0 Å². The predicted octanol–water partition coefficient (Wildman–Crippen LogP) is 8.74. The molecule has 0 N–H and O–H groups in total. The van der Waals surface area contributed by atoms with Gasteiger partial charge in [-0.15, -0.1) is 0 Å². The van der Waals surface area contributed by atoms with Crippen LogP contribution in [0.3, 0.4) is 0 Å². The van der Waals surface area contributed by atoms with Crippen LogP contribution in [0.5, 0.6) is 0 Å². The van der Waals surface area contributed by atoms with Gasteiger partial charge in [0.1, 0.15) is 0 Å². The minimum absolute atomic E-state index is 0.583. The molecule has 0 nitrogen and oxygen atoms in total. The Bertz CT molecular complexity index is 170. The molecule has 0 amide bonds. The second-order valence-corrected chi connectivity index (χ2v) is 8.13. The molecule has 0 bridgehead atoms. The predicted molar refractivity (Wildman–Crippen MR) is 108 cm³/mol. The fourth-order valence-corrected chi connectivity index (χ4v) is 1.32. The minimum atomic E-state index is 0.583. The molecule has 1 rings (SSSR count). The van der Waals surface area contributed by atoms with Gasteiger partial charge in [0.05, 0.1) is 0 Å². The molecular weight excluding hydrogens is 264 g/mol. The van der Waals surface area contributed by atoms with Crippen molar-refractivity contribution >= 4 is 0 Å². The van der Waals surface area contributed by atoms with Crippen LogP contribution in [-0.4, -0.2) is 0 Å². The van der Waals surface area contributed by atoms with Gasteiger partial charge in [-0.25, -0.2) is 0 Å². The van der Waals surface area contributed by atoms with Crippen molar-refractivity contribution in [2.75, 3.05) is 0 Å². The first-order valence-corrected chi connectivity index (χ1v) is 10.1. The lowest BCUT2D eigenvalue weighted by atomic mass is 9.75. The van der Waals surface area contributed by atoms with Crippen molar-refractivity contribution in [3.05, 3.63) is 0 Å². The highest BCUT2D eigenvalue weighted by Crippen LogP contribution is 2.33. The van der Waals surface area contributed by atoms with Crippen LogP contribution in [0, 0.1) is 23.2 Å². The van der Waals surface area contributed by atoms with Crippen molar-refractivity contribution in [2.45, 2.75) is 121 Å². The zero-order valence-electron chi connectivity index (χ0n) is 18.2. The molecule has 0 aromatic heterocycles. The Balaban J connectivity index is -0.000000239. The highest BCUT2D eigenvalue weighted by Gasteiger charge is 2.22. The van der Waals surface area contributed by atoms with Gasteiger partial charge in [-0.05, 0) is 23.2 Å². The fraction of sp³-hybridized carbons (Fsp3) is 1.00. The molecule has 1 saturated carbocycles. The van der Waals surface area contributed by atoms with Gasteiger partial charge in [0.25, 0.3) is 0 Å². The maximum absolute atomic E-state index is 2.37. The van der Waals surface area contributed by atoms with Crippen LogP contribution >= 0.6 is 0 Å². The summed E-state index contributed by atoms with van der Waals surface area (Å²) in [6, 6.07) is 0. The zero-order chi connectivity index (χ0) is 18.2. The van der Waals surface area contributed by atoms with E-state index in [1.54, 1.807) is 0 Å². The van der Waals surface area contributed by atoms with E-state index in [9.17, 15) is 0 Å². The van der Waals surface area contributed by atoms with Crippen molar-refractivity contribution in [3.63, 3.8) is 0 Å². The first-order valence-electron chi connectivity index (χ1n) is 10.1.